The largest absolute Gasteiger partial charge is 0.159 e. The molecule has 0 aromatic heterocycles. The van der Waals surface area contributed by atoms with E-state index < -0.39 is 0 Å². The van der Waals surface area contributed by atoms with Crippen LogP contribution in [0.4, 0.5) is 0 Å². The van der Waals surface area contributed by atoms with Gasteiger partial charge in [0.05, 0.1) is 0 Å². The highest BCUT2D eigenvalue weighted by Gasteiger charge is 2.52. The summed E-state index contributed by atoms with van der Waals surface area (Å²) in [7, 11) is 0. The van der Waals surface area contributed by atoms with Gasteiger partial charge in [0.15, 0.2) is 0 Å². The first kappa shape index (κ1) is 13.0. The maximum absolute atomic E-state index is 4.86. The van der Waals surface area contributed by atoms with Crippen molar-refractivity contribution in [3.05, 3.63) is 0 Å². The fourth-order valence-electron chi connectivity index (χ4n) is 5.77. The van der Waals surface area contributed by atoms with Gasteiger partial charge in [-0.25, -0.2) is 0 Å². The van der Waals surface area contributed by atoms with Gasteiger partial charge in [0.25, 0.3) is 0 Å². The molecule has 0 aromatic rings. The molecule has 4 aliphatic carbocycles. The van der Waals surface area contributed by atoms with Crippen molar-refractivity contribution in [2.45, 2.75) is 66.2 Å². The first-order chi connectivity index (χ1) is 9.40. The minimum Gasteiger partial charge on any atom is -0.159 e. The molecular weight excluding hydrogens is 244 g/mol. The van der Waals surface area contributed by atoms with E-state index in [0.29, 0.717) is 10.8 Å². The summed E-state index contributed by atoms with van der Waals surface area (Å²) in [6.07, 6.45) is 8.26. The van der Waals surface area contributed by atoms with Gasteiger partial charge in [0.1, 0.15) is 0 Å². The second-order valence-electron chi connectivity index (χ2n) is 8.83. The van der Waals surface area contributed by atoms with Crippen LogP contribution in [-0.2, 0) is 0 Å². The number of hydrogen-bond donors (Lipinski definition) is 0. The fourth-order valence-corrected chi connectivity index (χ4v) is 5.77. The molecule has 4 saturated carbocycles. The molecule has 4 rings (SSSR count). The van der Waals surface area contributed by atoms with Crippen LogP contribution in [0.3, 0.4) is 0 Å². The van der Waals surface area contributed by atoms with Crippen LogP contribution in [0.5, 0.6) is 0 Å². The summed E-state index contributed by atoms with van der Waals surface area (Å²) in [5.74, 6) is 3.20. The Hall–Kier alpha value is -0.660. The second-order valence-corrected chi connectivity index (χ2v) is 8.83. The maximum Gasteiger partial charge on any atom is 0.0495 e. The quantitative estimate of drug-likeness (QED) is 0.618. The standard InChI is InChI=1S/C18H28N2/c1-17(2)13-7-5-11(9-13)15(17)19-20-16-12-6-8-14(10-12)18(16,3)4/h11-14H,5-10H2,1-4H3/b19-15-,20-16+/t11-,12+,13+,14-/m1/s1. The number of hydrogen-bond acceptors (Lipinski definition) is 2. The van der Waals surface area contributed by atoms with E-state index in [1.54, 1.807) is 0 Å². The molecule has 4 fully saturated rings. The highest BCUT2D eigenvalue weighted by Crippen LogP contribution is 2.55. The van der Waals surface area contributed by atoms with Crippen LogP contribution in [0, 0.1) is 34.5 Å². The lowest BCUT2D eigenvalue weighted by atomic mass is 9.75. The molecule has 110 valence electrons. The van der Waals surface area contributed by atoms with Crippen molar-refractivity contribution in [1.29, 1.82) is 0 Å². The average Bonchev–Trinajstić information content (AvgIpc) is 3.07. The Morgan fingerprint density at radius 3 is 1.40 bits per heavy atom. The number of rotatable bonds is 1. The molecule has 0 aliphatic heterocycles. The summed E-state index contributed by atoms with van der Waals surface area (Å²) in [4.78, 5) is 0. The minimum atomic E-state index is 0.300. The first-order valence-corrected chi connectivity index (χ1v) is 8.57. The van der Waals surface area contributed by atoms with Gasteiger partial charge in [0.2, 0.25) is 0 Å². The van der Waals surface area contributed by atoms with Crippen LogP contribution in [0.2, 0.25) is 0 Å². The summed E-state index contributed by atoms with van der Waals surface area (Å²) in [5.41, 5.74) is 3.43. The van der Waals surface area contributed by atoms with E-state index in [0.717, 1.165) is 23.7 Å². The van der Waals surface area contributed by atoms with E-state index in [1.807, 2.05) is 0 Å². The van der Waals surface area contributed by atoms with Crippen LogP contribution in [0.1, 0.15) is 66.2 Å². The predicted molar refractivity (Wildman–Crippen MR) is 84.1 cm³/mol. The van der Waals surface area contributed by atoms with Crippen molar-refractivity contribution in [2.24, 2.45) is 44.7 Å². The van der Waals surface area contributed by atoms with Crippen LogP contribution in [-0.4, -0.2) is 11.4 Å². The maximum atomic E-state index is 4.86. The summed E-state index contributed by atoms with van der Waals surface area (Å²) in [5, 5.41) is 9.72. The molecule has 0 aromatic carbocycles. The van der Waals surface area contributed by atoms with Gasteiger partial charge in [-0.2, -0.15) is 10.2 Å². The van der Waals surface area contributed by atoms with Crippen molar-refractivity contribution in [3.8, 4) is 0 Å². The van der Waals surface area contributed by atoms with Gasteiger partial charge in [-0.1, -0.05) is 27.7 Å². The van der Waals surface area contributed by atoms with Crippen LogP contribution in [0.15, 0.2) is 10.2 Å². The van der Waals surface area contributed by atoms with Crippen molar-refractivity contribution in [1.82, 2.24) is 0 Å². The lowest BCUT2D eigenvalue weighted by Gasteiger charge is -2.32. The second kappa shape index (κ2) is 3.96. The highest BCUT2D eigenvalue weighted by atomic mass is 15.2. The molecule has 2 nitrogen and oxygen atoms in total. The third-order valence-electron chi connectivity index (χ3n) is 7.27. The monoisotopic (exact) mass is 272 g/mol. The molecule has 2 heteroatoms. The lowest BCUT2D eigenvalue weighted by Crippen LogP contribution is -2.32. The van der Waals surface area contributed by atoms with Gasteiger partial charge < -0.3 is 0 Å². The number of fused-ring (bicyclic) bond motifs is 4. The Bertz CT molecular complexity index is 452. The van der Waals surface area contributed by atoms with E-state index in [4.69, 9.17) is 10.2 Å². The topological polar surface area (TPSA) is 24.7 Å². The van der Waals surface area contributed by atoms with Crippen molar-refractivity contribution < 1.29 is 0 Å². The molecule has 0 spiro atoms. The zero-order valence-corrected chi connectivity index (χ0v) is 13.4. The molecule has 0 amide bonds. The highest BCUT2D eigenvalue weighted by molar-refractivity contribution is 5.98. The smallest absolute Gasteiger partial charge is 0.0495 e. The van der Waals surface area contributed by atoms with Crippen LogP contribution >= 0.6 is 0 Å². The molecule has 0 saturated heterocycles. The normalized spacial score (nSPS) is 47.8. The molecule has 0 radical (unpaired) electrons. The summed E-state index contributed by atoms with van der Waals surface area (Å²) in [6.45, 7) is 9.56. The van der Waals surface area contributed by atoms with Crippen molar-refractivity contribution in [3.63, 3.8) is 0 Å². The third kappa shape index (κ3) is 1.57. The van der Waals surface area contributed by atoms with Crippen molar-refractivity contribution >= 4 is 11.4 Å². The Morgan fingerprint density at radius 2 is 1.10 bits per heavy atom. The zero-order chi connectivity index (χ0) is 14.1. The Balaban J connectivity index is 1.67. The van der Waals surface area contributed by atoms with Gasteiger partial charge in [-0.05, 0) is 62.2 Å². The van der Waals surface area contributed by atoms with E-state index in [1.165, 1.54) is 49.9 Å². The number of nitrogens with zero attached hydrogens (tertiary/aromatic N) is 2. The average molecular weight is 272 g/mol. The van der Waals surface area contributed by atoms with Crippen LogP contribution in [0.25, 0.3) is 0 Å². The van der Waals surface area contributed by atoms with E-state index >= 15 is 0 Å². The molecule has 0 heterocycles. The van der Waals surface area contributed by atoms with Gasteiger partial charge >= 0.3 is 0 Å². The molecule has 4 bridgehead atoms. The summed E-state index contributed by atoms with van der Waals surface area (Å²) < 4.78 is 0. The van der Waals surface area contributed by atoms with Gasteiger partial charge in [-0.3, -0.25) is 0 Å². The fraction of sp³-hybridized carbons (Fsp3) is 0.889. The van der Waals surface area contributed by atoms with Crippen molar-refractivity contribution in [2.75, 3.05) is 0 Å². The molecular formula is C18H28N2. The summed E-state index contributed by atoms with van der Waals surface area (Å²) in [6, 6.07) is 0. The van der Waals surface area contributed by atoms with E-state index in [9.17, 15) is 0 Å². The minimum absolute atomic E-state index is 0.300. The Morgan fingerprint density at radius 1 is 0.700 bits per heavy atom. The van der Waals surface area contributed by atoms with Crippen LogP contribution < -0.4 is 0 Å². The molecule has 4 atom stereocenters. The molecule has 0 N–H and O–H groups in total. The molecule has 20 heavy (non-hydrogen) atoms. The van der Waals surface area contributed by atoms with Gasteiger partial charge in [-0.15, -0.1) is 0 Å². The SMILES string of the molecule is CC1(C)/C(=N\N=C2/[C@H]3CC[C@H](C3)C2(C)C)[C@@H]2CC[C@H]1C2. The Kier molecular flexibility index (Phi) is 2.58. The third-order valence-corrected chi connectivity index (χ3v) is 7.27. The molecule has 4 aliphatic rings. The van der Waals surface area contributed by atoms with E-state index in [-0.39, 0.29) is 0 Å². The lowest BCUT2D eigenvalue weighted by molar-refractivity contribution is 0.330. The predicted octanol–water partition coefficient (Wildman–Crippen LogP) is 4.70. The summed E-state index contributed by atoms with van der Waals surface area (Å²) >= 11 is 0. The van der Waals surface area contributed by atoms with E-state index in [2.05, 4.69) is 27.7 Å². The molecule has 0 unspecified atom stereocenters. The van der Waals surface area contributed by atoms with Gasteiger partial charge in [0, 0.05) is 22.3 Å². The zero-order valence-electron chi connectivity index (χ0n) is 13.4. The Labute approximate surface area is 123 Å². The first-order valence-electron chi connectivity index (χ1n) is 8.57.